The van der Waals surface area contributed by atoms with Crippen molar-refractivity contribution in [3.8, 4) is 0 Å². The van der Waals surface area contributed by atoms with E-state index < -0.39 is 0 Å². The van der Waals surface area contributed by atoms with Gasteiger partial charge in [-0.1, -0.05) is 24.3 Å². The minimum Gasteiger partial charge on any atom is -0.289 e. The van der Waals surface area contributed by atoms with Crippen LogP contribution in [-0.4, -0.2) is 22.9 Å². The number of amidine groups is 1. The van der Waals surface area contributed by atoms with E-state index in [1.807, 2.05) is 47.8 Å². The standard InChI is InChI=1S/C12H11N3/c1-14-9-7-13-12-11-5-3-2-4-10(11)6-8-15(12)14/h2-9H,1H3. The maximum absolute atomic E-state index is 4.41. The molecule has 15 heavy (non-hydrogen) atoms. The molecule has 0 aromatic heterocycles. The van der Waals surface area contributed by atoms with E-state index >= 15 is 0 Å². The summed E-state index contributed by atoms with van der Waals surface area (Å²) < 4.78 is 0. The molecule has 0 amide bonds. The number of rotatable bonds is 0. The Hall–Kier alpha value is -2.03. The minimum atomic E-state index is 0.984. The van der Waals surface area contributed by atoms with Crippen molar-refractivity contribution in [2.24, 2.45) is 4.99 Å². The summed E-state index contributed by atoms with van der Waals surface area (Å²) in [4.78, 5) is 4.41. The topological polar surface area (TPSA) is 18.8 Å². The fourth-order valence-corrected chi connectivity index (χ4v) is 1.85. The van der Waals surface area contributed by atoms with Crippen LogP contribution in [0.15, 0.2) is 47.9 Å². The zero-order valence-electron chi connectivity index (χ0n) is 8.46. The van der Waals surface area contributed by atoms with E-state index in [9.17, 15) is 0 Å². The Morgan fingerprint density at radius 3 is 2.93 bits per heavy atom. The van der Waals surface area contributed by atoms with Crippen molar-refractivity contribution in [2.75, 3.05) is 7.05 Å². The minimum absolute atomic E-state index is 0.984. The van der Waals surface area contributed by atoms with Crippen LogP contribution in [0.2, 0.25) is 0 Å². The van der Waals surface area contributed by atoms with Gasteiger partial charge in [-0.15, -0.1) is 0 Å². The molecule has 1 aromatic carbocycles. The number of hydrazine groups is 1. The van der Waals surface area contributed by atoms with Crippen molar-refractivity contribution in [3.63, 3.8) is 0 Å². The third-order valence-electron chi connectivity index (χ3n) is 2.63. The van der Waals surface area contributed by atoms with Crippen molar-refractivity contribution in [1.82, 2.24) is 10.0 Å². The van der Waals surface area contributed by atoms with Gasteiger partial charge in [-0.3, -0.25) is 5.01 Å². The summed E-state index contributed by atoms with van der Waals surface area (Å²) in [6.07, 6.45) is 7.89. The number of hydrogen-bond acceptors (Lipinski definition) is 3. The van der Waals surface area contributed by atoms with Crippen LogP contribution in [0, 0.1) is 0 Å². The monoisotopic (exact) mass is 197 g/mol. The molecule has 0 fully saturated rings. The third kappa shape index (κ3) is 1.16. The summed E-state index contributed by atoms with van der Waals surface area (Å²) in [5, 5.41) is 4.04. The molecule has 0 saturated heterocycles. The van der Waals surface area contributed by atoms with E-state index in [2.05, 4.69) is 23.2 Å². The van der Waals surface area contributed by atoms with Crippen LogP contribution in [-0.2, 0) is 0 Å². The smallest absolute Gasteiger partial charge is 0.159 e. The fraction of sp³-hybridized carbons (Fsp3) is 0.0833. The number of benzene rings is 1. The van der Waals surface area contributed by atoms with Crippen molar-refractivity contribution >= 4 is 11.9 Å². The molecule has 3 heteroatoms. The van der Waals surface area contributed by atoms with E-state index in [-0.39, 0.29) is 0 Å². The zero-order valence-corrected chi connectivity index (χ0v) is 8.46. The first-order chi connectivity index (χ1) is 7.36. The largest absolute Gasteiger partial charge is 0.289 e. The summed E-state index contributed by atoms with van der Waals surface area (Å²) in [5.41, 5.74) is 2.40. The van der Waals surface area contributed by atoms with Crippen LogP contribution < -0.4 is 0 Å². The first-order valence-electron chi connectivity index (χ1n) is 4.90. The third-order valence-corrected chi connectivity index (χ3v) is 2.63. The Morgan fingerprint density at radius 1 is 1.13 bits per heavy atom. The lowest BCUT2D eigenvalue weighted by molar-refractivity contribution is 0.199. The SMILES string of the molecule is CN1C=CN=C2c3ccccc3C=CN21. The van der Waals surface area contributed by atoms with Gasteiger partial charge in [0.25, 0.3) is 0 Å². The van der Waals surface area contributed by atoms with Crippen molar-refractivity contribution in [3.05, 3.63) is 54.0 Å². The first kappa shape index (κ1) is 8.29. The second-order valence-electron chi connectivity index (χ2n) is 3.57. The normalized spacial score (nSPS) is 17.3. The molecule has 3 rings (SSSR count). The Morgan fingerprint density at radius 2 is 2.00 bits per heavy atom. The molecule has 1 aromatic rings. The van der Waals surface area contributed by atoms with Gasteiger partial charge in [0.05, 0.1) is 0 Å². The van der Waals surface area contributed by atoms with Gasteiger partial charge in [-0.2, -0.15) is 0 Å². The lowest BCUT2D eigenvalue weighted by Crippen LogP contribution is -2.40. The van der Waals surface area contributed by atoms with Crippen LogP contribution in [0.4, 0.5) is 0 Å². The molecule has 0 aliphatic carbocycles. The van der Waals surface area contributed by atoms with Gasteiger partial charge in [-0.05, 0) is 11.6 Å². The molecule has 0 unspecified atom stereocenters. The highest BCUT2D eigenvalue weighted by atomic mass is 15.6. The molecule has 0 radical (unpaired) electrons. The number of aliphatic imine (C=N–C) groups is 1. The van der Waals surface area contributed by atoms with Gasteiger partial charge < -0.3 is 0 Å². The molecule has 3 nitrogen and oxygen atoms in total. The molecular weight excluding hydrogens is 186 g/mol. The highest BCUT2D eigenvalue weighted by Crippen LogP contribution is 2.22. The summed E-state index contributed by atoms with van der Waals surface area (Å²) in [5.74, 6) is 0.984. The van der Waals surface area contributed by atoms with E-state index in [0.29, 0.717) is 0 Å². The van der Waals surface area contributed by atoms with E-state index in [0.717, 1.165) is 5.84 Å². The predicted molar refractivity (Wildman–Crippen MR) is 60.8 cm³/mol. The second kappa shape index (κ2) is 2.98. The molecule has 2 heterocycles. The average molecular weight is 197 g/mol. The summed E-state index contributed by atoms with van der Waals surface area (Å²) in [6, 6.07) is 8.28. The number of fused-ring (bicyclic) bond motifs is 3. The van der Waals surface area contributed by atoms with Gasteiger partial charge >= 0.3 is 0 Å². The second-order valence-corrected chi connectivity index (χ2v) is 3.57. The van der Waals surface area contributed by atoms with Crippen LogP contribution in [0.5, 0.6) is 0 Å². The summed E-state index contributed by atoms with van der Waals surface area (Å²) in [7, 11) is 2.00. The molecule has 0 bridgehead atoms. The quantitative estimate of drug-likeness (QED) is 0.634. The van der Waals surface area contributed by atoms with E-state index in [4.69, 9.17) is 0 Å². The average Bonchev–Trinajstić information content (AvgIpc) is 2.29. The highest BCUT2D eigenvalue weighted by molar-refractivity contribution is 6.04. The zero-order chi connectivity index (χ0) is 10.3. The van der Waals surface area contributed by atoms with E-state index in [1.54, 1.807) is 0 Å². The number of hydrogen-bond donors (Lipinski definition) is 0. The molecule has 2 aliphatic rings. The lowest BCUT2D eigenvalue weighted by atomic mass is 10.0. The van der Waals surface area contributed by atoms with Crippen molar-refractivity contribution in [1.29, 1.82) is 0 Å². The molecule has 2 aliphatic heterocycles. The highest BCUT2D eigenvalue weighted by Gasteiger charge is 2.21. The lowest BCUT2D eigenvalue weighted by Gasteiger charge is -2.35. The maximum Gasteiger partial charge on any atom is 0.159 e. The van der Waals surface area contributed by atoms with E-state index in [1.165, 1.54) is 11.1 Å². The molecule has 0 spiro atoms. The fourth-order valence-electron chi connectivity index (χ4n) is 1.85. The summed E-state index contributed by atoms with van der Waals surface area (Å²) >= 11 is 0. The van der Waals surface area contributed by atoms with Gasteiger partial charge in [0, 0.05) is 31.2 Å². The molecule has 74 valence electrons. The number of nitrogens with zero attached hydrogens (tertiary/aromatic N) is 3. The van der Waals surface area contributed by atoms with Crippen molar-refractivity contribution in [2.45, 2.75) is 0 Å². The van der Waals surface area contributed by atoms with Gasteiger partial charge in [0.15, 0.2) is 5.84 Å². The Balaban J connectivity index is 2.19. The van der Waals surface area contributed by atoms with Crippen LogP contribution >= 0.6 is 0 Å². The first-order valence-corrected chi connectivity index (χ1v) is 4.90. The Kier molecular flexibility index (Phi) is 1.65. The van der Waals surface area contributed by atoms with Crippen LogP contribution in [0.1, 0.15) is 11.1 Å². The molecule has 0 atom stereocenters. The Bertz CT molecular complexity index is 485. The van der Waals surface area contributed by atoms with Crippen LogP contribution in [0.3, 0.4) is 0 Å². The van der Waals surface area contributed by atoms with Gasteiger partial charge in [-0.25, -0.2) is 10.0 Å². The molecular formula is C12H11N3. The summed E-state index contributed by atoms with van der Waals surface area (Å²) in [6.45, 7) is 0. The van der Waals surface area contributed by atoms with Gasteiger partial charge in [0.1, 0.15) is 0 Å². The van der Waals surface area contributed by atoms with Crippen LogP contribution in [0.25, 0.3) is 6.08 Å². The van der Waals surface area contributed by atoms with Crippen molar-refractivity contribution < 1.29 is 0 Å². The molecule has 0 N–H and O–H groups in total. The predicted octanol–water partition coefficient (Wildman–Crippen LogP) is 2.05. The molecule has 0 saturated carbocycles. The Labute approximate surface area is 88.6 Å². The van der Waals surface area contributed by atoms with Gasteiger partial charge in [0.2, 0.25) is 0 Å². The maximum atomic E-state index is 4.41.